The molecule has 3 N–H and O–H groups in total. The number of nitrogens with zero attached hydrogens (tertiary/aromatic N) is 1. The number of nitrogens with one attached hydrogen (secondary N) is 3. The third-order valence-corrected chi connectivity index (χ3v) is 4.72. The Kier molecular flexibility index (Phi) is 10.3. The van der Waals surface area contributed by atoms with Gasteiger partial charge in [-0.15, -0.1) is 24.0 Å². The summed E-state index contributed by atoms with van der Waals surface area (Å²) < 4.78 is 19.4. The molecule has 0 saturated carbocycles. The van der Waals surface area contributed by atoms with Crippen LogP contribution in [0.3, 0.4) is 0 Å². The number of amides is 1. The molecule has 0 unspecified atom stereocenters. The first-order valence-corrected chi connectivity index (χ1v) is 9.91. The van der Waals surface area contributed by atoms with Gasteiger partial charge in [0.1, 0.15) is 12.4 Å². The Balaban J connectivity index is 0.00000420. The van der Waals surface area contributed by atoms with Crippen molar-refractivity contribution in [2.24, 2.45) is 4.99 Å². The SMILES string of the molecule is CCNC(=NCC(=O)NC(C)(C)C)NCC1(c2cccc(F)c2)CCOCC1.I. The minimum absolute atomic E-state index is 0. The molecule has 0 atom stereocenters. The lowest BCUT2D eigenvalue weighted by molar-refractivity contribution is -0.121. The van der Waals surface area contributed by atoms with Gasteiger partial charge in [-0.2, -0.15) is 0 Å². The van der Waals surface area contributed by atoms with Gasteiger partial charge in [-0.25, -0.2) is 9.38 Å². The molecule has 1 aromatic rings. The fourth-order valence-corrected chi connectivity index (χ4v) is 3.35. The van der Waals surface area contributed by atoms with Crippen LogP contribution in [0, 0.1) is 5.82 Å². The lowest BCUT2D eigenvalue weighted by Gasteiger charge is -2.38. The van der Waals surface area contributed by atoms with Crippen molar-refractivity contribution < 1.29 is 13.9 Å². The average Bonchev–Trinajstić information content (AvgIpc) is 2.63. The van der Waals surface area contributed by atoms with Crippen LogP contribution in [0.15, 0.2) is 29.3 Å². The summed E-state index contributed by atoms with van der Waals surface area (Å²) in [7, 11) is 0. The minimum Gasteiger partial charge on any atom is -0.381 e. The molecular weight excluding hydrogens is 486 g/mol. The number of hydrogen-bond acceptors (Lipinski definition) is 3. The van der Waals surface area contributed by atoms with Crippen LogP contribution in [-0.2, 0) is 14.9 Å². The van der Waals surface area contributed by atoms with Gasteiger partial charge in [0.25, 0.3) is 0 Å². The van der Waals surface area contributed by atoms with Gasteiger partial charge >= 0.3 is 0 Å². The fraction of sp³-hybridized carbons (Fsp3) is 0.619. The zero-order valence-corrected chi connectivity index (χ0v) is 20.1. The van der Waals surface area contributed by atoms with E-state index in [0.29, 0.717) is 32.3 Å². The van der Waals surface area contributed by atoms with Gasteiger partial charge in [0.2, 0.25) is 5.91 Å². The number of aliphatic imine (C=N–C) groups is 1. The molecule has 1 fully saturated rings. The maximum Gasteiger partial charge on any atom is 0.242 e. The molecule has 2 rings (SSSR count). The predicted octanol–water partition coefficient (Wildman–Crippen LogP) is 2.96. The number of halogens is 2. The van der Waals surface area contributed by atoms with Gasteiger partial charge in [-0.3, -0.25) is 4.79 Å². The predicted molar refractivity (Wildman–Crippen MR) is 125 cm³/mol. The third-order valence-electron chi connectivity index (χ3n) is 4.72. The molecule has 6 nitrogen and oxygen atoms in total. The van der Waals surface area contributed by atoms with E-state index in [4.69, 9.17) is 4.74 Å². The van der Waals surface area contributed by atoms with Gasteiger partial charge in [0, 0.05) is 37.3 Å². The van der Waals surface area contributed by atoms with E-state index in [-0.39, 0.29) is 53.2 Å². The van der Waals surface area contributed by atoms with E-state index in [2.05, 4.69) is 20.9 Å². The molecule has 29 heavy (non-hydrogen) atoms. The molecule has 1 saturated heterocycles. The van der Waals surface area contributed by atoms with Crippen LogP contribution < -0.4 is 16.0 Å². The minimum atomic E-state index is -0.290. The van der Waals surface area contributed by atoms with Crippen LogP contribution in [0.5, 0.6) is 0 Å². The molecule has 8 heteroatoms. The first-order valence-electron chi connectivity index (χ1n) is 9.91. The molecule has 1 aromatic carbocycles. The van der Waals surface area contributed by atoms with Crippen LogP contribution in [0.2, 0.25) is 0 Å². The Morgan fingerprint density at radius 3 is 2.52 bits per heavy atom. The maximum atomic E-state index is 13.8. The fourth-order valence-electron chi connectivity index (χ4n) is 3.35. The number of carbonyl (C=O) groups is 1. The molecule has 1 heterocycles. The largest absolute Gasteiger partial charge is 0.381 e. The van der Waals surface area contributed by atoms with Gasteiger partial charge < -0.3 is 20.7 Å². The standard InChI is InChI=1S/C21H33FN4O2.HI/c1-5-23-19(24-14-18(27)26-20(2,3)4)25-15-21(9-11-28-12-10-21)16-7-6-8-17(22)13-16;/h6-8,13H,5,9-12,14-15H2,1-4H3,(H,26,27)(H2,23,24,25);1H. The van der Waals surface area contributed by atoms with Crippen molar-refractivity contribution in [3.63, 3.8) is 0 Å². The zero-order chi connectivity index (χ0) is 20.6. The summed E-state index contributed by atoms with van der Waals surface area (Å²) in [6, 6.07) is 6.78. The smallest absolute Gasteiger partial charge is 0.242 e. The number of rotatable bonds is 6. The Morgan fingerprint density at radius 1 is 1.24 bits per heavy atom. The van der Waals surface area contributed by atoms with Crippen LogP contribution in [0.1, 0.15) is 46.1 Å². The van der Waals surface area contributed by atoms with E-state index < -0.39 is 0 Å². The summed E-state index contributed by atoms with van der Waals surface area (Å²) >= 11 is 0. The van der Waals surface area contributed by atoms with Crippen molar-refractivity contribution in [1.82, 2.24) is 16.0 Å². The number of ether oxygens (including phenoxy) is 1. The topological polar surface area (TPSA) is 74.8 Å². The summed E-state index contributed by atoms with van der Waals surface area (Å²) in [6.45, 7) is 10.4. The van der Waals surface area contributed by atoms with Crippen LogP contribution in [0.25, 0.3) is 0 Å². The second kappa shape index (κ2) is 11.7. The van der Waals surface area contributed by atoms with Crippen molar-refractivity contribution >= 4 is 35.8 Å². The lowest BCUT2D eigenvalue weighted by atomic mass is 9.74. The van der Waals surface area contributed by atoms with E-state index in [1.54, 1.807) is 12.1 Å². The monoisotopic (exact) mass is 520 g/mol. The first-order chi connectivity index (χ1) is 13.2. The molecule has 1 amide bonds. The lowest BCUT2D eigenvalue weighted by Crippen LogP contribution is -2.48. The molecule has 164 valence electrons. The van der Waals surface area contributed by atoms with Crippen molar-refractivity contribution in [1.29, 1.82) is 0 Å². The van der Waals surface area contributed by atoms with Crippen molar-refractivity contribution in [2.75, 3.05) is 32.8 Å². The molecule has 1 aliphatic rings. The molecule has 1 aliphatic heterocycles. The molecule has 0 aliphatic carbocycles. The van der Waals surface area contributed by atoms with Crippen LogP contribution in [0.4, 0.5) is 4.39 Å². The maximum absolute atomic E-state index is 13.8. The van der Waals surface area contributed by atoms with Crippen molar-refractivity contribution in [3.8, 4) is 0 Å². The molecule has 0 bridgehead atoms. The summed E-state index contributed by atoms with van der Waals surface area (Å²) in [6.07, 6.45) is 1.60. The van der Waals surface area contributed by atoms with E-state index in [9.17, 15) is 9.18 Å². The summed E-state index contributed by atoms with van der Waals surface area (Å²) in [5.41, 5.74) is 0.441. The molecule has 0 radical (unpaired) electrons. The number of hydrogen-bond donors (Lipinski definition) is 3. The highest BCUT2D eigenvalue weighted by molar-refractivity contribution is 14.0. The normalized spacial score (nSPS) is 16.5. The van der Waals surface area contributed by atoms with Crippen LogP contribution in [-0.4, -0.2) is 50.3 Å². The summed E-state index contributed by atoms with van der Waals surface area (Å²) in [4.78, 5) is 16.5. The average molecular weight is 520 g/mol. The molecule has 0 spiro atoms. The second-order valence-electron chi connectivity index (χ2n) is 8.25. The Bertz CT molecular complexity index is 686. The number of guanidine groups is 1. The number of carbonyl (C=O) groups excluding carboxylic acids is 1. The highest BCUT2D eigenvalue weighted by Crippen LogP contribution is 2.34. The summed E-state index contributed by atoms with van der Waals surface area (Å²) in [5.74, 6) is 0.215. The van der Waals surface area contributed by atoms with Crippen molar-refractivity contribution in [3.05, 3.63) is 35.6 Å². The Hall–Kier alpha value is -1.42. The Morgan fingerprint density at radius 2 is 1.93 bits per heavy atom. The van der Waals surface area contributed by atoms with Gasteiger partial charge in [-0.05, 0) is 58.2 Å². The quantitative estimate of drug-likeness (QED) is 0.307. The van der Waals surface area contributed by atoms with E-state index in [1.807, 2.05) is 33.8 Å². The van der Waals surface area contributed by atoms with E-state index >= 15 is 0 Å². The van der Waals surface area contributed by atoms with Gasteiger partial charge in [0.05, 0.1) is 0 Å². The zero-order valence-electron chi connectivity index (χ0n) is 17.8. The van der Waals surface area contributed by atoms with Crippen LogP contribution >= 0.6 is 24.0 Å². The van der Waals surface area contributed by atoms with Crippen molar-refractivity contribution in [2.45, 2.75) is 51.5 Å². The second-order valence-corrected chi connectivity index (χ2v) is 8.25. The van der Waals surface area contributed by atoms with Gasteiger partial charge in [0.15, 0.2) is 5.96 Å². The Labute approximate surface area is 190 Å². The third kappa shape index (κ3) is 8.46. The molecule has 0 aromatic heterocycles. The molecular formula is C21H34FIN4O2. The highest BCUT2D eigenvalue weighted by Gasteiger charge is 2.35. The van der Waals surface area contributed by atoms with E-state index in [1.165, 1.54) is 6.07 Å². The highest BCUT2D eigenvalue weighted by atomic mass is 127. The first kappa shape index (κ1) is 25.6. The van der Waals surface area contributed by atoms with Gasteiger partial charge in [-0.1, -0.05) is 12.1 Å². The summed E-state index contributed by atoms with van der Waals surface area (Å²) in [5, 5.41) is 9.42. The van der Waals surface area contributed by atoms with E-state index in [0.717, 1.165) is 18.4 Å². The number of benzene rings is 1.